The van der Waals surface area contributed by atoms with Crippen LogP contribution in [0.4, 0.5) is 8.78 Å². The number of aliphatic carboxylic acids is 1. The molecule has 0 spiro atoms. The van der Waals surface area contributed by atoms with E-state index >= 15 is 0 Å². The van der Waals surface area contributed by atoms with Crippen LogP contribution in [0, 0.1) is 11.8 Å². The number of rotatable bonds is 2. The van der Waals surface area contributed by atoms with Gasteiger partial charge < -0.3 is 10.4 Å². The summed E-state index contributed by atoms with van der Waals surface area (Å²) >= 11 is 0. The van der Waals surface area contributed by atoms with Crippen LogP contribution in [0.1, 0.15) is 0 Å². The van der Waals surface area contributed by atoms with E-state index in [1.165, 1.54) is 0 Å². The Kier molecular flexibility index (Phi) is 2.38. The van der Waals surface area contributed by atoms with Crippen LogP contribution >= 0.6 is 0 Å². The Hall–Kier alpha value is -0.710. The molecule has 2 N–H and O–H groups in total. The van der Waals surface area contributed by atoms with Crippen molar-refractivity contribution in [2.75, 3.05) is 13.1 Å². The summed E-state index contributed by atoms with van der Waals surface area (Å²) in [7, 11) is 0. The quantitative estimate of drug-likeness (QED) is 0.613. The summed E-state index contributed by atoms with van der Waals surface area (Å²) in [4.78, 5) is 10.3. The average molecular weight is 165 g/mol. The van der Waals surface area contributed by atoms with Gasteiger partial charge in [0.1, 0.15) is 0 Å². The van der Waals surface area contributed by atoms with Crippen LogP contribution in [0.15, 0.2) is 0 Å². The van der Waals surface area contributed by atoms with E-state index in [1.807, 2.05) is 0 Å². The molecule has 1 aliphatic heterocycles. The van der Waals surface area contributed by atoms with E-state index in [9.17, 15) is 13.6 Å². The SMILES string of the molecule is O=C(O)C1CNCC1C(F)F. The Labute approximate surface area is 62.4 Å². The van der Waals surface area contributed by atoms with E-state index in [0.717, 1.165) is 0 Å². The topological polar surface area (TPSA) is 49.3 Å². The fourth-order valence-corrected chi connectivity index (χ4v) is 1.23. The number of alkyl halides is 2. The second kappa shape index (κ2) is 3.13. The van der Waals surface area contributed by atoms with Gasteiger partial charge in [0.2, 0.25) is 6.43 Å². The van der Waals surface area contributed by atoms with Gasteiger partial charge >= 0.3 is 5.97 Å². The summed E-state index contributed by atoms with van der Waals surface area (Å²) in [6, 6.07) is 0. The van der Waals surface area contributed by atoms with Gasteiger partial charge in [-0.2, -0.15) is 0 Å². The van der Waals surface area contributed by atoms with Gasteiger partial charge in [-0.15, -0.1) is 0 Å². The Morgan fingerprint density at radius 1 is 1.55 bits per heavy atom. The van der Waals surface area contributed by atoms with Crippen LogP contribution in [0.25, 0.3) is 0 Å². The predicted molar refractivity (Wildman–Crippen MR) is 33.5 cm³/mol. The molecule has 1 fully saturated rings. The molecular formula is C6H9F2NO2. The van der Waals surface area contributed by atoms with Crippen molar-refractivity contribution < 1.29 is 18.7 Å². The number of nitrogens with one attached hydrogen (secondary N) is 1. The number of carbonyl (C=O) groups is 1. The first-order valence-corrected chi connectivity index (χ1v) is 3.34. The number of hydrogen-bond donors (Lipinski definition) is 2. The summed E-state index contributed by atoms with van der Waals surface area (Å²) < 4.78 is 24.1. The molecule has 64 valence electrons. The largest absolute Gasteiger partial charge is 0.481 e. The molecule has 1 heterocycles. The summed E-state index contributed by atoms with van der Waals surface area (Å²) in [5.74, 6) is -3.08. The average Bonchev–Trinajstić information content (AvgIpc) is 2.32. The van der Waals surface area contributed by atoms with Gasteiger partial charge in [-0.05, 0) is 0 Å². The summed E-state index contributed by atoms with van der Waals surface area (Å²) in [5.41, 5.74) is 0. The molecule has 1 rings (SSSR count). The van der Waals surface area contributed by atoms with Gasteiger partial charge in [0.15, 0.2) is 0 Å². The maximum Gasteiger partial charge on any atom is 0.308 e. The Bertz CT molecular complexity index is 163. The Morgan fingerprint density at radius 2 is 2.18 bits per heavy atom. The predicted octanol–water partition coefficient (Wildman–Crippen LogP) is 0.172. The smallest absolute Gasteiger partial charge is 0.308 e. The van der Waals surface area contributed by atoms with Crippen LogP contribution in [0.2, 0.25) is 0 Å². The van der Waals surface area contributed by atoms with Crippen molar-refractivity contribution >= 4 is 5.97 Å². The number of carboxylic acids is 1. The van der Waals surface area contributed by atoms with Crippen LogP contribution < -0.4 is 5.32 Å². The number of hydrogen-bond acceptors (Lipinski definition) is 2. The minimum atomic E-state index is -2.54. The fraction of sp³-hybridized carbons (Fsp3) is 0.833. The molecule has 11 heavy (non-hydrogen) atoms. The minimum Gasteiger partial charge on any atom is -0.481 e. The first-order valence-electron chi connectivity index (χ1n) is 3.34. The zero-order chi connectivity index (χ0) is 8.43. The van der Waals surface area contributed by atoms with Gasteiger partial charge in [-0.3, -0.25) is 4.79 Å². The molecule has 0 aromatic rings. The van der Waals surface area contributed by atoms with Crippen molar-refractivity contribution in [1.82, 2.24) is 5.32 Å². The Balaban J connectivity index is 2.58. The van der Waals surface area contributed by atoms with Crippen molar-refractivity contribution in [3.05, 3.63) is 0 Å². The highest BCUT2D eigenvalue weighted by Gasteiger charge is 2.38. The van der Waals surface area contributed by atoms with Gasteiger partial charge in [-0.1, -0.05) is 0 Å². The third-order valence-electron chi connectivity index (χ3n) is 1.90. The minimum absolute atomic E-state index is 0.106. The van der Waals surface area contributed by atoms with Crippen LogP contribution in [-0.4, -0.2) is 30.6 Å². The van der Waals surface area contributed by atoms with Crippen LogP contribution in [0.3, 0.4) is 0 Å². The van der Waals surface area contributed by atoms with Crippen molar-refractivity contribution in [3.63, 3.8) is 0 Å². The monoisotopic (exact) mass is 165 g/mol. The molecule has 0 bridgehead atoms. The van der Waals surface area contributed by atoms with Crippen molar-refractivity contribution in [2.45, 2.75) is 6.43 Å². The Morgan fingerprint density at radius 3 is 2.55 bits per heavy atom. The molecule has 0 saturated carbocycles. The fourth-order valence-electron chi connectivity index (χ4n) is 1.23. The lowest BCUT2D eigenvalue weighted by Crippen LogP contribution is -2.27. The van der Waals surface area contributed by atoms with E-state index in [0.29, 0.717) is 0 Å². The molecule has 1 aliphatic rings. The van der Waals surface area contributed by atoms with Crippen LogP contribution in [0.5, 0.6) is 0 Å². The maximum atomic E-state index is 12.0. The van der Waals surface area contributed by atoms with E-state index in [2.05, 4.69) is 5.32 Å². The molecule has 0 amide bonds. The normalized spacial score (nSPS) is 31.2. The third-order valence-corrected chi connectivity index (χ3v) is 1.90. The molecule has 0 aromatic carbocycles. The molecular weight excluding hydrogens is 156 g/mol. The molecule has 0 aromatic heterocycles. The molecule has 2 atom stereocenters. The maximum absolute atomic E-state index is 12.0. The second-order valence-electron chi connectivity index (χ2n) is 2.60. The number of halogens is 2. The molecule has 1 saturated heterocycles. The second-order valence-corrected chi connectivity index (χ2v) is 2.60. The molecule has 2 unspecified atom stereocenters. The van der Waals surface area contributed by atoms with Gasteiger partial charge in [0.05, 0.1) is 5.92 Å². The highest BCUT2D eigenvalue weighted by atomic mass is 19.3. The number of carboxylic acid groups (broad SMARTS) is 1. The van der Waals surface area contributed by atoms with E-state index in [4.69, 9.17) is 5.11 Å². The zero-order valence-electron chi connectivity index (χ0n) is 5.76. The lowest BCUT2D eigenvalue weighted by molar-refractivity contribution is -0.144. The van der Waals surface area contributed by atoms with E-state index < -0.39 is 24.2 Å². The van der Waals surface area contributed by atoms with E-state index in [1.54, 1.807) is 0 Å². The van der Waals surface area contributed by atoms with Gasteiger partial charge in [0.25, 0.3) is 0 Å². The van der Waals surface area contributed by atoms with Gasteiger partial charge in [0, 0.05) is 19.0 Å². The lowest BCUT2D eigenvalue weighted by Gasteiger charge is -2.12. The van der Waals surface area contributed by atoms with Crippen molar-refractivity contribution in [3.8, 4) is 0 Å². The lowest BCUT2D eigenvalue weighted by atomic mass is 9.97. The summed E-state index contributed by atoms with van der Waals surface area (Å²) in [6.07, 6.45) is -2.54. The first kappa shape index (κ1) is 8.39. The first-order chi connectivity index (χ1) is 5.13. The van der Waals surface area contributed by atoms with E-state index in [-0.39, 0.29) is 13.1 Å². The summed E-state index contributed by atoms with van der Waals surface area (Å²) in [6.45, 7) is 0.263. The zero-order valence-corrected chi connectivity index (χ0v) is 5.76. The molecule has 0 radical (unpaired) electrons. The highest BCUT2D eigenvalue weighted by Crippen LogP contribution is 2.23. The summed E-state index contributed by atoms with van der Waals surface area (Å²) in [5, 5.41) is 11.1. The highest BCUT2D eigenvalue weighted by molar-refractivity contribution is 5.71. The molecule has 0 aliphatic carbocycles. The van der Waals surface area contributed by atoms with Crippen molar-refractivity contribution in [1.29, 1.82) is 0 Å². The molecule has 5 heteroatoms. The third kappa shape index (κ3) is 1.65. The van der Waals surface area contributed by atoms with Gasteiger partial charge in [-0.25, -0.2) is 8.78 Å². The van der Waals surface area contributed by atoms with Crippen LogP contribution in [-0.2, 0) is 4.79 Å². The van der Waals surface area contributed by atoms with Crippen molar-refractivity contribution in [2.24, 2.45) is 11.8 Å². The molecule has 3 nitrogen and oxygen atoms in total. The standard InChI is InChI=1S/C6H9F2NO2/c7-5(8)3-1-9-2-4(3)6(10)11/h3-5,9H,1-2H2,(H,10,11).